The molecule has 2 rings (SSSR count). The molecule has 2 atom stereocenters. The van der Waals surface area contributed by atoms with E-state index in [0.717, 1.165) is 17.3 Å². The molecule has 0 saturated heterocycles. The Bertz CT molecular complexity index is 322. The van der Waals surface area contributed by atoms with Crippen molar-refractivity contribution in [3.63, 3.8) is 0 Å². The summed E-state index contributed by atoms with van der Waals surface area (Å²) in [4.78, 5) is 0. The fraction of sp³-hybridized carbons (Fsp3) is 0.455. The van der Waals surface area contributed by atoms with Crippen LogP contribution in [0.1, 0.15) is 25.3 Å². The molecule has 1 aromatic rings. The first-order valence-corrected chi connectivity index (χ1v) is 5.10. The fourth-order valence-corrected chi connectivity index (χ4v) is 2.10. The molecule has 1 N–H and O–H groups in total. The molecule has 0 aromatic heterocycles. The van der Waals surface area contributed by atoms with Crippen molar-refractivity contribution >= 4 is 17.3 Å². The lowest BCUT2D eigenvalue weighted by Gasteiger charge is -2.30. The molecule has 1 aliphatic rings. The molecule has 0 saturated carbocycles. The van der Waals surface area contributed by atoms with E-state index in [1.54, 1.807) is 0 Å². The van der Waals surface area contributed by atoms with Crippen molar-refractivity contribution in [1.82, 2.24) is 0 Å². The molecule has 1 aromatic carbocycles. The standard InChI is InChI=1S/C11H14ClN/c1-7-6-13-11-9(8(7)2)4-3-5-10(11)12/h3-5,7-8,13H,6H2,1-2H3. The molecule has 2 unspecified atom stereocenters. The highest BCUT2D eigenvalue weighted by Gasteiger charge is 2.23. The van der Waals surface area contributed by atoms with E-state index in [1.165, 1.54) is 5.56 Å². The molecule has 0 amide bonds. The molecule has 1 heterocycles. The quantitative estimate of drug-likeness (QED) is 0.668. The number of anilines is 1. The van der Waals surface area contributed by atoms with Crippen LogP contribution in [0.5, 0.6) is 0 Å². The van der Waals surface area contributed by atoms with Crippen molar-refractivity contribution in [3.8, 4) is 0 Å². The zero-order valence-corrected chi connectivity index (χ0v) is 8.73. The molecular formula is C11H14ClN. The third-order valence-corrected chi connectivity index (χ3v) is 3.31. The number of para-hydroxylation sites is 1. The van der Waals surface area contributed by atoms with Crippen LogP contribution in [0, 0.1) is 5.92 Å². The summed E-state index contributed by atoms with van der Waals surface area (Å²) in [5, 5.41) is 4.22. The summed E-state index contributed by atoms with van der Waals surface area (Å²) in [7, 11) is 0. The number of hydrogen-bond acceptors (Lipinski definition) is 1. The second-order valence-corrected chi connectivity index (χ2v) is 4.26. The lowest BCUT2D eigenvalue weighted by Crippen LogP contribution is -2.24. The van der Waals surface area contributed by atoms with Gasteiger partial charge in [-0.05, 0) is 23.5 Å². The van der Waals surface area contributed by atoms with Gasteiger partial charge in [-0.25, -0.2) is 0 Å². The molecule has 2 heteroatoms. The SMILES string of the molecule is CC1CNc2c(Cl)cccc2C1C. The second-order valence-electron chi connectivity index (χ2n) is 3.85. The summed E-state index contributed by atoms with van der Waals surface area (Å²) in [5.74, 6) is 1.29. The van der Waals surface area contributed by atoms with Gasteiger partial charge in [0.25, 0.3) is 0 Å². The molecule has 1 aliphatic heterocycles. The first-order valence-electron chi connectivity index (χ1n) is 4.72. The van der Waals surface area contributed by atoms with Crippen LogP contribution >= 0.6 is 11.6 Å². The summed E-state index contributed by atoms with van der Waals surface area (Å²) < 4.78 is 0. The van der Waals surface area contributed by atoms with E-state index in [-0.39, 0.29) is 0 Å². The third kappa shape index (κ3) is 1.42. The van der Waals surface area contributed by atoms with Gasteiger partial charge in [-0.3, -0.25) is 0 Å². The predicted molar refractivity (Wildman–Crippen MR) is 57.5 cm³/mol. The number of fused-ring (bicyclic) bond motifs is 1. The number of halogens is 1. The zero-order chi connectivity index (χ0) is 9.42. The van der Waals surface area contributed by atoms with Crippen molar-refractivity contribution in [2.75, 3.05) is 11.9 Å². The minimum absolute atomic E-state index is 0.606. The summed E-state index contributed by atoms with van der Waals surface area (Å²) in [6, 6.07) is 6.13. The van der Waals surface area contributed by atoms with Crippen LogP contribution < -0.4 is 5.32 Å². The first-order chi connectivity index (χ1) is 6.20. The van der Waals surface area contributed by atoms with Crippen LogP contribution in [0.2, 0.25) is 5.02 Å². The lowest BCUT2D eigenvalue weighted by molar-refractivity contribution is 0.497. The Balaban J connectivity index is 2.49. The predicted octanol–water partition coefficient (Wildman–Crippen LogP) is 3.51. The zero-order valence-electron chi connectivity index (χ0n) is 7.97. The lowest BCUT2D eigenvalue weighted by atomic mass is 9.85. The Morgan fingerprint density at radius 2 is 2.15 bits per heavy atom. The molecule has 0 radical (unpaired) electrons. The number of rotatable bonds is 0. The average Bonchev–Trinajstić information content (AvgIpc) is 2.12. The van der Waals surface area contributed by atoms with Gasteiger partial charge >= 0.3 is 0 Å². The highest BCUT2D eigenvalue weighted by molar-refractivity contribution is 6.33. The molecule has 0 bridgehead atoms. The fourth-order valence-electron chi connectivity index (χ4n) is 1.85. The maximum absolute atomic E-state index is 6.09. The minimum Gasteiger partial charge on any atom is -0.383 e. The largest absolute Gasteiger partial charge is 0.383 e. The van der Waals surface area contributed by atoms with Crippen molar-refractivity contribution in [1.29, 1.82) is 0 Å². The first kappa shape index (κ1) is 8.89. The maximum Gasteiger partial charge on any atom is 0.0640 e. The molecule has 0 spiro atoms. The molecule has 0 aliphatic carbocycles. The maximum atomic E-state index is 6.09. The molecule has 1 nitrogen and oxygen atoms in total. The molecule has 13 heavy (non-hydrogen) atoms. The Morgan fingerprint density at radius 1 is 1.38 bits per heavy atom. The van der Waals surface area contributed by atoms with E-state index < -0.39 is 0 Å². The van der Waals surface area contributed by atoms with E-state index in [2.05, 4.69) is 25.2 Å². The average molecular weight is 196 g/mol. The number of benzene rings is 1. The second kappa shape index (κ2) is 3.22. The van der Waals surface area contributed by atoms with Gasteiger partial charge in [0, 0.05) is 6.54 Å². The van der Waals surface area contributed by atoms with Crippen LogP contribution in [0.3, 0.4) is 0 Å². The Labute approximate surface area is 84.1 Å². The van der Waals surface area contributed by atoms with Crippen molar-refractivity contribution < 1.29 is 0 Å². The summed E-state index contributed by atoms with van der Waals surface area (Å²) in [6.07, 6.45) is 0. The van der Waals surface area contributed by atoms with Crippen molar-refractivity contribution in [2.45, 2.75) is 19.8 Å². The van der Waals surface area contributed by atoms with Crippen molar-refractivity contribution in [3.05, 3.63) is 28.8 Å². The Hall–Kier alpha value is -0.690. The van der Waals surface area contributed by atoms with Gasteiger partial charge in [0.15, 0.2) is 0 Å². The van der Waals surface area contributed by atoms with Gasteiger partial charge in [0.05, 0.1) is 10.7 Å². The van der Waals surface area contributed by atoms with Crippen LogP contribution in [-0.4, -0.2) is 6.54 Å². The number of hydrogen-bond donors (Lipinski definition) is 1. The minimum atomic E-state index is 0.606. The van der Waals surface area contributed by atoms with E-state index in [0.29, 0.717) is 11.8 Å². The van der Waals surface area contributed by atoms with Crippen LogP contribution in [0.25, 0.3) is 0 Å². The molecular weight excluding hydrogens is 182 g/mol. The van der Waals surface area contributed by atoms with E-state index in [4.69, 9.17) is 11.6 Å². The van der Waals surface area contributed by atoms with E-state index in [9.17, 15) is 0 Å². The van der Waals surface area contributed by atoms with E-state index >= 15 is 0 Å². The monoisotopic (exact) mass is 195 g/mol. The summed E-state index contributed by atoms with van der Waals surface area (Å²) >= 11 is 6.09. The molecule has 70 valence electrons. The van der Waals surface area contributed by atoms with E-state index in [1.807, 2.05) is 12.1 Å². The summed E-state index contributed by atoms with van der Waals surface area (Å²) in [6.45, 7) is 5.56. The van der Waals surface area contributed by atoms with Gasteiger partial charge in [-0.2, -0.15) is 0 Å². The van der Waals surface area contributed by atoms with Gasteiger partial charge in [-0.15, -0.1) is 0 Å². The smallest absolute Gasteiger partial charge is 0.0640 e. The Kier molecular flexibility index (Phi) is 2.20. The third-order valence-electron chi connectivity index (χ3n) is 2.99. The Morgan fingerprint density at radius 3 is 2.92 bits per heavy atom. The topological polar surface area (TPSA) is 12.0 Å². The normalized spacial score (nSPS) is 26.4. The summed E-state index contributed by atoms with van der Waals surface area (Å²) in [5.41, 5.74) is 2.49. The van der Waals surface area contributed by atoms with Crippen LogP contribution in [0.4, 0.5) is 5.69 Å². The highest BCUT2D eigenvalue weighted by Crippen LogP contribution is 2.38. The van der Waals surface area contributed by atoms with Gasteiger partial charge in [0.1, 0.15) is 0 Å². The van der Waals surface area contributed by atoms with Crippen LogP contribution in [0.15, 0.2) is 18.2 Å². The van der Waals surface area contributed by atoms with Crippen molar-refractivity contribution in [2.24, 2.45) is 5.92 Å². The molecule has 0 fully saturated rings. The van der Waals surface area contributed by atoms with Gasteiger partial charge in [-0.1, -0.05) is 37.6 Å². The van der Waals surface area contributed by atoms with Gasteiger partial charge in [0.2, 0.25) is 0 Å². The number of nitrogens with one attached hydrogen (secondary N) is 1. The van der Waals surface area contributed by atoms with Crippen LogP contribution in [-0.2, 0) is 0 Å². The highest BCUT2D eigenvalue weighted by atomic mass is 35.5. The van der Waals surface area contributed by atoms with Gasteiger partial charge < -0.3 is 5.32 Å².